The molecule has 0 heterocycles. The molecule has 1 aliphatic rings. The fourth-order valence-electron chi connectivity index (χ4n) is 3.00. The number of hydrogen-bond acceptors (Lipinski definition) is 1. The van der Waals surface area contributed by atoms with Crippen LogP contribution in [0.2, 0.25) is 0 Å². The minimum atomic E-state index is 0.345. The molecule has 18 heavy (non-hydrogen) atoms. The van der Waals surface area contributed by atoms with E-state index in [0.717, 1.165) is 12.8 Å². The van der Waals surface area contributed by atoms with E-state index in [1.807, 2.05) is 0 Å². The molecule has 1 aliphatic carbocycles. The van der Waals surface area contributed by atoms with E-state index < -0.39 is 0 Å². The maximum absolute atomic E-state index is 9.13. The van der Waals surface area contributed by atoms with Gasteiger partial charge in [0.2, 0.25) is 0 Å². The van der Waals surface area contributed by atoms with Crippen molar-refractivity contribution in [2.24, 2.45) is 5.92 Å². The average Bonchev–Trinajstić information content (AvgIpc) is 2.39. The quantitative estimate of drug-likeness (QED) is 0.517. The van der Waals surface area contributed by atoms with Crippen LogP contribution >= 0.6 is 0 Å². The molecule has 1 saturated carbocycles. The lowest BCUT2D eigenvalue weighted by atomic mass is 9.95. The highest BCUT2D eigenvalue weighted by Gasteiger charge is 2.07. The van der Waals surface area contributed by atoms with Crippen LogP contribution in [0.3, 0.4) is 0 Å². The minimum Gasteiger partial charge on any atom is -0.198 e. The molecule has 0 saturated heterocycles. The predicted molar refractivity (Wildman–Crippen MR) is 78.4 cm³/mol. The molecule has 0 radical (unpaired) electrons. The zero-order chi connectivity index (χ0) is 12.9. The van der Waals surface area contributed by atoms with Crippen LogP contribution in [-0.2, 0) is 0 Å². The lowest BCUT2D eigenvalue weighted by Gasteiger charge is -2.09. The van der Waals surface area contributed by atoms with Gasteiger partial charge in [0.1, 0.15) is 0 Å². The Hall–Kier alpha value is -0.510. The van der Waals surface area contributed by atoms with E-state index in [-0.39, 0.29) is 0 Å². The molecule has 0 spiro atoms. The molecule has 0 aromatic carbocycles. The summed E-state index contributed by atoms with van der Waals surface area (Å²) in [6.07, 6.45) is 20.4. The van der Waals surface area contributed by atoms with Crippen LogP contribution in [0.15, 0.2) is 0 Å². The van der Waals surface area contributed by atoms with Crippen LogP contribution < -0.4 is 0 Å². The molecule has 0 aliphatic heterocycles. The van der Waals surface area contributed by atoms with Gasteiger partial charge in [0.25, 0.3) is 0 Å². The molecule has 0 aromatic rings. The van der Waals surface area contributed by atoms with Crippen molar-refractivity contribution in [3.05, 3.63) is 0 Å². The predicted octanol–water partition coefficient (Wildman–Crippen LogP) is 5.99. The normalized spacial score (nSPS) is 23.3. The van der Waals surface area contributed by atoms with Gasteiger partial charge in [-0.05, 0) is 12.8 Å². The van der Waals surface area contributed by atoms with Gasteiger partial charge in [0, 0.05) is 5.92 Å². The summed E-state index contributed by atoms with van der Waals surface area (Å²) in [5.74, 6) is 0.345. The molecule has 104 valence electrons. The Labute approximate surface area is 114 Å². The first-order valence-electron chi connectivity index (χ1n) is 8.33. The van der Waals surface area contributed by atoms with Crippen molar-refractivity contribution in [1.29, 1.82) is 5.26 Å². The second kappa shape index (κ2) is 11.6. The van der Waals surface area contributed by atoms with E-state index >= 15 is 0 Å². The third-order valence-corrected chi connectivity index (χ3v) is 4.29. The van der Waals surface area contributed by atoms with Crippen molar-refractivity contribution in [3.8, 4) is 6.07 Å². The summed E-state index contributed by atoms with van der Waals surface area (Å²) >= 11 is 0. The maximum atomic E-state index is 9.13. The Balaban J connectivity index is 2.18. The molecule has 0 atom stereocenters. The molecule has 1 heteroatoms. The number of nitriles is 1. The first kappa shape index (κ1) is 15.5. The molecule has 0 unspecified atom stereocenters. The highest BCUT2D eigenvalue weighted by Crippen LogP contribution is 2.19. The van der Waals surface area contributed by atoms with Gasteiger partial charge < -0.3 is 0 Å². The first-order valence-corrected chi connectivity index (χ1v) is 8.33. The Morgan fingerprint density at radius 2 is 0.778 bits per heavy atom. The zero-order valence-corrected chi connectivity index (χ0v) is 12.1. The molecule has 0 amide bonds. The summed E-state index contributed by atoms with van der Waals surface area (Å²) in [5, 5.41) is 9.13. The van der Waals surface area contributed by atoms with Crippen LogP contribution in [-0.4, -0.2) is 0 Å². The second-order valence-corrected chi connectivity index (χ2v) is 6.00. The Morgan fingerprint density at radius 1 is 0.500 bits per heavy atom. The van der Waals surface area contributed by atoms with Crippen LogP contribution in [0.1, 0.15) is 96.3 Å². The second-order valence-electron chi connectivity index (χ2n) is 6.00. The topological polar surface area (TPSA) is 23.8 Å². The Kier molecular flexibility index (Phi) is 10.00. The van der Waals surface area contributed by atoms with Gasteiger partial charge in [-0.15, -0.1) is 0 Å². The Morgan fingerprint density at radius 3 is 1.06 bits per heavy atom. The standard InChI is InChI=1S/C17H31N/c18-16-17-14-12-10-8-6-4-2-1-3-5-7-9-11-13-15-17/h17H,1-15H2. The van der Waals surface area contributed by atoms with Crippen molar-refractivity contribution < 1.29 is 0 Å². The molecule has 1 nitrogen and oxygen atoms in total. The number of rotatable bonds is 0. The highest BCUT2D eigenvalue weighted by atomic mass is 14.3. The third kappa shape index (κ3) is 8.56. The van der Waals surface area contributed by atoms with Crippen molar-refractivity contribution in [3.63, 3.8) is 0 Å². The monoisotopic (exact) mass is 249 g/mol. The van der Waals surface area contributed by atoms with Crippen LogP contribution in [0, 0.1) is 17.2 Å². The summed E-state index contributed by atoms with van der Waals surface area (Å²) in [6, 6.07) is 2.51. The fourth-order valence-corrected chi connectivity index (χ4v) is 3.00. The highest BCUT2D eigenvalue weighted by molar-refractivity contribution is 4.82. The van der Waals surface area contributed by atoms with Gasteiger partial charge in [-0.2, -0.15) is 5.26 Å². The molecule has 0 bridgehead atoms. The lowest BCUT2D eigenvalue weighted by Crippen LogP contribution is -1.97. The van der Waals surface area contributed by atoms with Crippen molar-refractivity contribution in [2.75, 3.05) is 0 Å². The average molecular weight is 249 g/mol. The largest absolute Gasteiger partial charge is 0.198 e. The third-order valence-electron chi connectivity index (χ3n) is 4.29. The fraction of sp³-hybridized carbons (Fsp3) is 0.941. The van der Waals surface area contributed by atoms with Gasteiger partial charge in [-0.1, -0.05) is 83.5 Å². The summed E-state index contributed by atoms with van der Waals surface area (Å²) in [5.41, 5.74) is 0. The summed E-state index contributed by atoms with van der Waals surface area (Å²) in [7, 11) is 0. The molecule has 0 N–H and O–H groups in total. The molecular weight excluding hydrogens is 218 g/mol. The van der Waals surface area contributed by atoms with Gasteiger partial charge in [-0.3, -0.25) is 0 Å². The van der Waals surface area contributed by atoms with E-state index in [0.29, 0.717) is 5.92 Å². The number of hydrogen-bond donors (Lipinski definition) is 0. The smallest absolute Gasteiger partial charge is 0.0655 e. The van der Waals surface area contributed by atoms with Crippen molar-refractivity contribution in [1.82, 2.24) is 0 Å². The zero-order valence-electron chi connectivity index (χ0n) is 12.1. The van der Waals surface area contributed by atoms with E-state index in [2.05, 4.69) is 6.07 Å². The summed E-state index contributed by atoms with van der Waals surface area (Å²) in [4.78, 5) is 0. The maximum Gasteiger partial charge on any atom is 0.0655 e. The van der Waals surface area contributed by atoms with Crippen LogP contribution in [0.5, 0.6) is 0 Å². The van der Waals surface area contributed by atoms with Gasteiger partial charge in [-0.25, -0.2) is 0 Å². The molecular formula is C17H31N. The van der Waals surface area contributed by atoms with Crippen molar-refractivity contribution >= 4 is 0 Å². The Bertz CT molecular complexity index is 200. The first-order chi connectivity index (χ1) is 8.93. The van der Waals surface area contributed by atoms with E-state index in [1.165, 1.54) is 83.5 Å². The SMILES string of the molecule is N#CC1CCCCCCCCCCCCCCC1. The molecule has 0 aromatic heterocycles. The van der Waals surface area contributed by atoms with E-state index in [9.17, 15) is 0 Å². The van der Waals surface area contributed by atoms with Crippen LogP contribution in [0.25, 0.3) is 0 Å². The van der Waals surface area contributed by atoms with Crippen LogP contribution in [0.4, 0.5) is 0 Å². The molecule has 1 rings (SSSR count). The van der Waals surface area contributed by atoms with Gasteiger partial charge >= 0.3 is 0 Å². The molecule has 1 fully saturated rings. The lowest BCUT2D eigenvalue weighted by molar-refractivity contribution is 0.461. The van der Waals surface area contributed by atoms with Crippen molar-refractivity contribution in [2.45, 2.75) is 96.3 Å². The van der Waals surface area contributed by atoms with Gasteiger partial charge in [0.15, 0.2) is 0 Å². The van der Waals surface area contributed by atoms with Gasteiger partial charge in [0.05, 0.1) is 6.07 Å². The van der Waals surface area contributed by atoms with E-state index in [1.54, 1.807) is 0 Å². The minimum absolute atomic E-state index is 0.345. The number of nitrogens with zero attached hydrogens (tertiary/aromatic N) is 1. The summed E-state index contributed by atoms with van der Waals surface area (Å²) in [6.45, 7) is 0. The van der Waals surface area contributed by atoms with E-state index in [4.69, 9.17) is 5.26 Å². The summed E-state index contributed by atoms with van der Waals surface area (Å²) < 4.78 is 0.